The fourth-order valence-electron chi connectivity index (χ4n) is 7.19. The van der Waals surface area contributed by atoms with E-state index in [1.165, 1.54) is 31.4 Å². The monoisotopic (exact) mass is 478 g/mol. The van der Waals surface area contributed by atoms with Crippen molar-refractivity contribution in [1.29, 1.82) is 0 Å². The zero-order valence-electron chi connectivity index (χ0n) is 20.3. The number of rotatable bonds is 4. The summed E-state index contributed by atoms with van der Waals surface area (Å²) in [5.74, 6) is 1.32. The van der Waals surface area contributed by atoms with Gasteiger partial charge in [0.25, 0.3) is 5.91 Å². The summed E-state index contributed by atoms with van der Waals surface area (Å²) in [6.07, 6.45) is 9.58. The number of carbonyl (C=O) groups is 3. The number of hydrogen-bond donors (Lipinski definition) is 1. The largest absolute Gasteiger partial charge is 0.497 e. The molecule has 1 aliphatic carbocycles. The first kappa shape index (κ1) is 22.6. The Kier molecular flexibility index (Phi) is 5.79. The maximum Gasteiger partial charge on any atom is 0.329 e. The lowest BCUT2D eigenvalue weighted by Gasteiger charge is -2.54. The summed E-state index contributed by atoms with van der Waals surface area (Å²) in [5.41, 5.74) is 1.90. The number of nitrogens with one attached hydrogen (secondary N) is 1. The molecule has 0 aromatic heterocycles. The lowest BCUT2D eigenvalue weighted by atomic mass is 9.68. The highest BCUT2D eigenvalue weighted by atomic mass is 16.5. The van der Waals surface area contributed by atoms with E-state index in [1.54, 1.807) is 31.4 Å². The average Bonchev–Trinajstić information content (AvgIpc) is 3.16. The minimum Gasteiger partial charge on any atom is -0.497 e. The Labute approximate surface area is 206 Å². The minimum absolute atomic E-state index is 0.00347. The third-order valence-corrected chi connectivity index (χ3v) is 8.71. The van der Waals surface area contributed by atoms with Crippen LogP contribution in [0.5, 0.6) is 5.75 Å². The third kappa shape index (κ3) is 3.92. The highest BCUT2D eigenvalue weighted by molar-refractivity contribution is 6.22. The van der Waals surface area contributed by atoms with E-state index >= 15 is 0 Å². The van der Waals surface area contributed by atoms with Crippen molar-refractivity contribution in [2.24, 2.45) is 11.8 Å². The zero-order valence-corrected chi connectivity index (χ0v) is 20.3. The summed E-state index contributed by atoms with van der Waals surface area (Å²) in [7, 11) is 1.57. The van der Waals surface area contributed by atoms with Gasteiger partial charge in [0, 0.05) is 19.1 Å². The van der Waals surface area contributed by atoms with E-state index < -0.39 is 12.1 Å². The van der Waals surface area contributed by atoms with Crippen molar-refractivity contribution >= 4 is 23.5 Å². The summed E-state index contributed by atoms with van der Waals surface area (Å²) < 4.78 is 5.17. The van der Waals surface area contributed by atoms with Gasteiger partial charge in [-0.25, -0.2) is 9.69 Å². The Morgan fingerprint density at radius 3 is 2.74 bits per heavy atom. The van der Waals surface area contributed by atoms with E-state index in [0.717, 1.165) is 37.3 Å². The molecule has 3 unspecified atom stereocenters. The molecule has 1 aromatic carbocycles. The van der Waals surface area contributed by atoms with Crippen molar-refractivity contribution in [2.45, 2.75) is 63.1 Å². The number of ether oxygens (including phenoxy) is 1. The second-order valence-corrected chi connectivity index (χ2v) is 10.7. The molecule has 5 aliphatic rings. The number of likely N-dealkylation sites (tertiary alicyclic amines) is 1. The molecule has 8 nitrogen and oxygen atoms in total. The molecular weight excluding hydrogens is 444 g/mol. The Bertz CT molecular complexity index is 1050. The van der Waals surface area contributed by atoms with Crippen molar-refractivity contribution in [3.8, 4) is 5.75 Å². The number of methoxy groups -OCH3 is 1. The van der Waals surface area contributed by atoms with Gasteiger partial charge in [0.15, 0.2) is 0 Å². The number of urea groups is 1. The number of nitrogens with zero attached hydrogens (tertiary/aromatic N) is 3. The molecule has 1 N–H and O–H groups in total. The third-order valence-electron chi connectivity index (χ3n) is 8.71. The van der Waals surface area contributed by atoms with Crippen LogP contribution in [0.15, 0.2) is 35.9 Å². The number of fused-ring (bicyclic) bond motifs is 6. The van der Waals surface area contributed by atoms with E-state index in [9.17, 15) is 14.4 Å². The van der Waals surface area contributed by atoms with Crippen molar-refractivity contribution in [3.05, 3.63) is 35.9 Å². The highest BCUT2D eigenvalue weighted by Gasteiger charge is 2.48. The quantitative estimate of drug-likeness (QED) is 0.532. The van der Waals surface area contributed by atoms with Crippen molar-refractivity contribution in [2.75, 3.05) is 31.6 Å². The SMILES string of the molecule is COc1ccc(N2C(=O)NC(CC(=O)N3CCCC4=C[C@@H]5C[C@H](CN6CCCCC56)C43)C2=O)cc1. The van der Waals surface area contributed by atoms with Gasteiger partial charge in [0.2, 0.25) is 5.91 Å². The first-order valence-electron chi connectivity index (χ1n) is 13.1. The molecule has 4 heterocycles. The van der Waals surface area contributed by atoms with E-state index in [1.807, 2.05) is 4.90 Å². The van der Waals surface area contributed by atoms with Gasteiger partial charge in [-0.05, 0) is 74.8 Å². The van der Waals surface area contributed by atoms with Crippen LogP contribution < -0.4 is 15.0 Å². The first-order valence-corrected chi connectivity index (χ1v) is 13.1. The van der Waals surface area contributed by atoms with E-state index in [4.69, 9.17) is 4.74 Å². The number of piperidine rings is 3. The van der Waals surface area contributed by atoms with Crippen LogP contribution in [0, 0.1) is 11.8 Å². The molecule has 8 heteroatoms. The zero-order chi connectivity index (χ0) is 24.1. The van der Waals surface area contributed by atoms with Crippen molar-refractivity contribution in [3.63, 3.8) is 0 Å². The second-order valence-electron chi connectivity index (χ2n) is 10.7. The maximum atomic E-state index is 13.6. The summed E-state index contributed by atoms with van der Waals surface area (Å²) in [6.45, 7) is 2.96. The second kappa shape index (κ2) is 8.97. The molecule has 5 atom stereocenters. The summed E-state index contributed by atoms with van der Waals surface area (Å²) in [5, 5.41) is 2.74. The average molecular weight is 479 g/mol. The number of anilines is 1. The predicted octanol–water partition coefficient (Wildman–Crippen LogP) is 2.93. The molecule has 4 aliphatic heterocycles. The van der Waals surface area contributed by atoms with Gasteiger partial charge in [-0.15, -0.1) is 0 Å². The molecule has 1 aromatic rings. The van der Waals surface area contributed by atoms with Crippen LogP contribution in [0.2, 0.25) is 0 Å². The Morgan fingerprint density at radius 1 is 1.11 bits per heavy atom. The predicted molar refractivity (Wildman–Crippen MR) is 131 cm³/mol. The highest BCUT2D eigenvalue weighted by Crippen LogP contribution is 2.45. The van der Waals surface area contributed by atoms with Crippen molar-refractivity contribution < 1.29 is 19.1 Å². The molecule has 0 radical (unpaired) electrons. The fraction of sp³-hybridized carbons (Fsp3) is 0.593. The standard InChI is InChI=1S/C27H34N4O4/c1-35-21-9-7-20(8-10-21)31-26(33)22(28-27(31)34)15-24(32)30-12-4-5-17-13-18-14-19(25(17)30)16-29-11-3-2-6-23(18)29/h7-10,13,18-19,22-23,25H,2-6,11-12,14-16H2,1H3,(H,28,34)/t18-,19-,22?,23?,25?/m1/s1. The molecule has 4 amide bonds. The summed E-state index contributed by atoms with van der Waals surface area (Å²) in [6, 6.07) is 6.28. The van der Waals surface area contributed by atoms with Gasteiger partial charge >= 0.3 is 6.03 Å². The minimum atomic E-state index is -0.833. The molecule has 2 bridgehead atoms. The van der Waals surface area contributed by atoms with Crippen molar-refractivity contribution in [1.82, 2.24) is 15.1 Å². The fourth-order valence-corrected chi connectivity index (χ4v) is 7.19. The van der Waals surface area contributed by atoms with E-state index in [2.05, 4.69) is 16.3 Å². The van der Waals surface area contributed by atoms with E-state index in [0.29, 0.717) is 29.3 Å². The first-order chi connectivity index (χ1) is 17.0. The van der Waals surface area contributed by atoms with Gasteiger partial charge < -0.3 is 15.0 Å². The number of hydrogen-bond acceptors (Lipinski definition) is 5. The van der Waals surface area contributed by atoms with Gasteiger partial charge in [-0.1, -0.05) is 18.1 Å². The molecule has 0 spiro atoms. The van der Waals surface area contributed by atoms with Crippen LogP contribution >= 0.6 is 0 Å². The summed E-state index contributed by atoms with van der Waals surface area (Å²) in [4.78, 5) is 45.2. The number of carbonyl (C=O) groups excluding carboxylic acids is 3. The molecule has 35 heavy (non-hydrogen) atoms. The Hall–Kier alpha value is -2.87. The number of imide groups is 1. The molecule has 6 rings (SSSR count). The van der Waals surface area contributed by atoms with Crippen LogP contribution in [-0.2, 0) is 9.59 Å². The lowest BCUT2D eigenvalue weighted by molar-refractivity contribution is -0.138. The number of benzene rings is 1. The van der Waals surface area contributed by atoms with Gasteiger partial charge in [-0.3, -0.25) is 14.5 Å². The van der Waals surface area contributed by atoms with Crippen LogP contribution in [0.1, 0.15) is 44.9 Å². The topological polar surface area (TPSA) is 82.2 Å². The van der Waals surface area contributed by atoms with Crippen LogP contribution in [0.25, 0.3) is 0 Å². The molecule has 4 saturated heterocycles. The lowest BCUT2D eigenvalue weighted by Crippen LogP contribution is -2.60. The molecule has 4 fully saturated rings. The maximum absolute atomic E-state index is 13.6. The van der Waals surface area contributed by atoms with Crippen LogP contribution in [0.4, 0.5) is 10.5 Å². The summed E-state index contributed by atoms with van der Waals surface area (Å²) >= 11 is 0. The Balaban J connectivity index is 1.17. The van der Waals surface area contributed by atoms with Gasteiger partial charge in [0.05, 0.1) is 25.3 Å². The van der Waals surface area contributed by atoms with Gasteiger partial charge in [-0.2, -0.15) is 0 Å². The number of amides is 4. The smallest absolute Gasteiger partial charge is 0.329 e. The molecule has 0 saturated carbocycles. The van der Waals surface area contributed by atoms with E-state index in [-0.39, 0.29) is 24.3 Å². The Morgan fingerprint density at radius 2 is 1.94 bits per heavy atom. The van der Waals surface area contributed by atoms with Crippen LogP contribution in [-0.4, -0.2) is 72.5 Å². The van der Waals surface area contributed by atoms with Crippen LogP contribution in [0.3, 0.4) is 0 Å². The molecule has 186 valence electrons. The van der Waals surface area contributed by atoms with Gasteiger partial charge in [0.1, 0.15) is 11.8 Å². The molecular formula is C27H34N4O4. The normalized spacial score (nSPS) is 32.5.